The number of carbonyl (C=O) groups is 1. The van der Waals surface area contributed by atoms with E-state index < -0.39 is 16.0 Å². The number of piperidine rings is 1. The highest BCUT2D eigenvalue weighted by Gasteiger charge is 2.28. The zero-order valence-corrected chi connectivity index (χ0v) is 16.2. The molecule has 0 aliphatic carbocycles. The molecule has 25 heavy (non-hydrogen) atoms. The Kier molecular flexibility index (Phi) is 8.37. The Bertz CT molecular complexity index is 717. The summed E-state index contributed by atoms with van der Waals surface area (Å²) < 4.78 is 26.2. The molecule has 140 valence electrons. The summed E-state index contributed by atoms with van der Waals surface area (Å²) in [6.07, 6.45) is 2.77. The van der Waals surface area contributed by atoms with Gasteiger partial charge in [0, 0.05) is 29.6 Å². The van der Waals surface area contributed by atoms with Gasteiger partial charge in [-0.1, -0.05) is 23.7 Å². The molecule has 6 nitrogen and oxygen atoms in total. The topological polar surface area (TPSA) is 77.9 Å². The summed E-state index contributed by atoms with van der Waals surface area (Å²) in [5, 5.41) is 10.6. The van der Waals surface area contributed by atoms with Gasteiger partial charge in [0.2, 0.25) is 10.0 Å². The zero-order chi connectivity index (χ0) is 17.7. The fourth-order valence-electron chi connectivity index (χ4n) is 2.74. The summed E-state index contributed by atoms with van der Waals surface area (Å²) in [7, 11) is -1.74. The van der Waals surface area contributed by atoms with Gasteiger partial charge in [0.25, 0.3) is 0 Å². The Hall–Kier alpha value is -1.12. The number of hydrogen-bond acceptors (Lipinski definition) is 4. The molecule has 1 heterocycles. The van der Waals surface area contributed by atoms with Crippen LogP contribution in [-0.2, 0) is 14.8 Å². The fourth-order valence-corrected chi connectivity index (χ4v) is 4.16. The summed E-state index contributed by atoms with van der Waals surface area (Å²) in [5.41, 5.74) is 0.724. The van der Waals surface area contributed by atoms with Crippen molar-refractivity contribution in [3.63, 3.8) is 0 Å². The Balaban J connectivity index is 0.00000312. The lowest BCUT2D eigenvalue weighted by Gasteiger charge is -2.34. The minimum Gasteiger partial charge on any atom is -0.480 e. The normalized spacial score (nSPS) is 16.9. The largest absolute Gasteiger partial charge is 0.480 e. The molecule has 1 aromatic carbocycles. The molecule has 1 N–H and O–H groups in total. The lowest BCUT2D eigenvalue weighted by Crippen LogP contribution is -2.46. The zero-order valence-electron chi connectivity index (χ0n) is 13.8. The first kappa shape index (κ1) is 21.9. The molecule has 0 unspecified atom stereocenters. The van der Waals surface area contributed by atoms with Gasteiger partial charge >= 0.3 is 5.97 Å². The van der Waals surface area contributed by atoms with E-state index in [1.807, 2.05) is 0 Å². The van der Waals surface area contributed by atoms with Crippen molar-refractivity contribution in [2.75, 3.05) is 26.7 Å². The van der Waals surface area contributed by atoms with Crippen molar-refractivity contribution in [2.24, 2.45) is 0 Å². The lowest BCUT2D eigenvalue weighted by molar-refractivity contribution is -0.138. The second kappa shape index (κ2) is 9.54. The number of carboxylic acid groups (broad SMARTS) is 1. The van der Waals surface area contributed by atoms with Crippen molar-refractivity contribution in [3.05, 3.63) is 40.3 Å². The monoisotopic (exact) mass is 408 g/mol. The van der Waals surface area contributed by atoms with Crippen LogP contribution in [0.3, 0.4) is 0 Å². The molecule has 2 rings (SSSR count). The molecule has 0 aromatic heterocycles. The van der Waals surface area contributed by atoms with Gasteiger partial charge in [0.15, 0.2) is 0 Å². The van der Waals surface area contributed by atoms with Gasteiger partial charge in [0.1, 0.15) is 0 Å². The predicted octanol–water partition coefficient (Wildman–Crippen LogP) is 2.54. The third-order valence-corrected chi connectivity index (χ3v) is 5.87. The smallest absolute Gasteiger partial charge is 0.317 e. The van der Waals surface area contributed by atoms with E-state index in [0.29, 0.717) is 31.0 Å². The summed E-state index contributed by atoms with van der Waals surface area (Å²) in [6.45, 7) is 0.736. The first-order chi connectivity index (χ1) is 11.3. The quantitative estimate of drug-likeness (QED) is 0.782. The van der Waals surface area contributed by atoms with Gasteiger partial charge in [-0.2, -0.15) is 4.31 Å². The Labute approximate surface area is 159 Å². The Morgan fingerprint density at radius 3 is 2.60 bits per heavy atom. The average molecular weight is 409 g/mol. The van der Waals surface area contributed by atoms with Gasteiger partial charge in [-0.25, -0.2) is 8.42 Å². The molecule has 0 bridgehead atoms. The second-order valence-electron chi connectivity index (χ2n) is 5.84. The molecule has 9 heteroatoms. The molecule has 0 amide bonds. The minimum absolute atomic E-state index is 0. The van der Waals surface area contributed by atoms with Crippen molar-refractivity contribution in [1.82, 2.24) is 9.21 Å². The maximum absolute atomic E-state index is 12.4. The van der Waals surface area contributed by atoms with E-state index in [0.717, 1.165) is 5.56 Å². The van der Waals surface area contributed by atoms with E-state index in [-0.39, 0.29) is 25.0 Å². The van der Waals surface area contributed by atoms with E-state index in [9.17, 15) is 13.2 Å². The summed E-state index contributed by atoms with van der Waals surface area (Å²) >= 11 is 5.89. The standard InChI is InChI=1S/C16H21ClN2O4S.ClH/c1-18(12-16(20)21)15-5-8-19(9-6-15)24(22,23)10-7-13-3-2-4-14(17)11-13;/h2-4,7,10-11,15H,5-6,8-9,12H2,1H3,(H,20,21);1H/b10-7+;. The van der Waals surface area contributed by atoms with Crippen molar-refractivity contribution >= 4 is 46.1 Å². The number of benzene rings is 1. The molecular weight excluding hydrogens is 387 g/mol. The van der Waals surface area contributed by atoms with Crippen LogP contribution in [0.25, 0.3) is 6.08 Å². The molecular formula is C16H22Cl2N2O4S. The minimum atomic E-state index is -3.49. The van der Waals surface area contributed by atoms with E-state index >= 15 is 0 Å². The number of hydrogen-bond donors (Lipinski definition) is 1. The number of halogens is 2. The van der Waals surface area contributed by atoms with Crippen LogP contribution >= 0.6 is 24.0 Å². The highest BCUT2D eigenvalue weighted by molar-refractivity contribution is 7.92. The van der Waals surface area contributed by atoms with Crippen LogP contribution in [0, 0.1) is 0 Å². The number of likely N-dealkylation sites (N-methyl/N-ethyl adjacent to an activating group) is 1. The SMILES string of the molecule is CN(CC(=O)O)C1CCN(S(=O)(=O)/C=C/c2cccc(Cl)c2)CC1.Cl. The molecule has 0 radical (unpaired) electrons. The maximum Gasteiger partial charge on any atom is 0.317 e. The molecule has 1 aromatic rings. The fraction of sp³-hybridized carbons (Fsp3) is 0.438. The highest BCUT2D eigenvalue weighted by Crippen LogP contribution is 2.20. The lowest BCUT2D eigenvalue weighted by atomic mass is 10.1. The van der Waals surface area contributed by atoms with Crippen LogP contribution in [0.15, 0.2) is 29.7 Å². The van der Waals surface area contributed by atoms with Crippen LogP contribution in [-0.4, -0.2) is 61.4 Å². The molecule has 0 saturated carbocycles. The summed E-state index contributed by atoms with van der Waals surface area (Å²) in [4.78, 5) is 12.5. The molecule has 1 aliphatic heterocycles. The number of rotatable bonds is 6. The van der Waals surface area contributed by atoms with Crippen molar-refractivity contribution in [2.45, 2.75) is 18.9 Å². The Morgan fingerprint density at radius 2 is 2.04 bits per heavy atom. The third-order valence-electron chi connectivity index (χ3n) is 4.07. The van der Waals surface area contributed by atoms with Crippen molar-refractivity contribution in [1.29, 1.82) is 0 Å². The summed E-state index contributed by atoms with van der Waals surface area (Å²) in [5.74, 6) is -0.878. The van der Waals surface area contributed by atoms with E-state index in [1.54, 1.807) is 36.2 Å². The van der Waals surface area contributed by atoms with Crippen LogP contribution in [0.4, 0.5) is 0 Å². The Morgan fingerprint density at radius 1 is 1.40 bits per heavy atom. The van der Waals surface area contributed by atoms with Crippen LogP contribution in [0.1, 0.15) is 18.4 Å². The molecule has 0 atom stereocenters. The van der Waals surface area contributed by atoms with Gasteiger partial charge in [0.05, 0.1) is 6.54 Å². The highest BCUT2D eigenvalue weighted by atomic mass is 35.5. The number of aliphatic carboxylic acids is 1. The van der Waals surface area contributed by atoms with Crippen molar-refractivity contribution < 1.29 is 18.3 Å². The van der Waals surface area contributed by atoms with E-state index in [1.165, 1.54) is 15.8 Å². The van der Waals surface area contributed by atoms with Gasteiger partial charge in [-0.15, -0.1) is 12.4 Å². The second-order valence-corrected chi connectivity index (χ2v) is 8.10. The first-order valence-corrected chi connectivity index (χ1v) is 9.52. The van der Waals surface area contributed by atoms with Gasteiger partial charge in [-0.05, 0) is 43.7 Å². The van der Waals surface area contributed by atoms with Gasteiger partial charge in [-0.3, -0.25) is 9.69 Å². The molecule has 1 aliphatic rings. The summed E-state index contributed by atoms with van der Waals surface area (Å²) in [6, 6.07) is 7.06. The first-order valence-electron chi connectivity index (χ1n) is 7.64. The van der Waals surface area contributed by atoms with Gasteiger partial charge < -0.3 is 5.11 Å². The third kappa shape index (κ3) is 6.60. The number of nitrogens with zero attached hydrogens (tertiary/aromatic N) is 2. The molecule has 0 spiro atoms. The van der Waals surface area contributed by atoms with E-state index in [2.05, 4.69) is 0 Å². The molecule has 1 fully saturated rings. The predicted molar refractivity (Wildman–Crippen MR) is 102 cm³/mol. The van der Waals surface area contributed by atoms with E-state index in [4.69, 9.17) is 16.7 Å². The maximum atomic E-state index is 12.4. The van der Waals surface area contributed by atoms with Crippen molar-refractivity contribution in [3.8, 4) is 0 Å². The number of sulfonamides is 1. The number of carboxylic acids is 1. The van der Waals surface area contributed by atoms with Crippen LogP contribution < -0.4 is 0 Å². The van der Waals surface area contributed by atoms with Crippen LogP contribution in [0.2, 0.25) is 5.02 Å². The molecule has 1 saturated heterocycles. The van der Waals surface area contributed by atoms with Crippen LogP contribution in [0.5, 0.6) is 0 Å². The average Bonchev–Trinajstić information content (AvgIpc) is 2.53.